The highest BCUT2D eigenvalue weighted by Gasteiger charge is 2.31. The van der Waals surface area contributed by atoms with E-state index in [4.69, 9.17) is 4.74 Å². The van der Waals surface area contributed by atoms with Gasteiger partial charge in [0, 0.05) is 12.6 Å². The van der Waals surface area contributed by atoms with Gasteiger partial charge in [-0.3, -0.25) is 13.9 Å². The molecule has 0 saturated heterocycles. The molecule has 0 aliphatic carbocycles. The summed E-state index contributed by atoms with van der Waals surface area (Å²) in [4.78, 5) is 28.0. The Balaban J connectivity index is 2.42. The summed E-state index contributed by atoms with van der Waals surface area (Å²) in [5.74, 6) is -0.421. The van der Waals surface area contributed by atoms with Crippen LogP contribution < -0.4 is 14.4 Å². The van der Waals surface area contributed by atoms with Crippen molar-refractivity contribution < 1.29 is 22.7 Å². The Bertz CT molecular complexity index is 1100. The van der Waals surface area contributed by atoms with Gasteiger partial charge in [0.25, 0.3) is 0 Å². The first-order chi connectivity index (χ1) is 16.5. The Morgan fingerprint density at radius 1 is 1.03 bits per heavy atom. The average molecular weight is 504 g/mol. The quantitative estimate of drug-likeness (QED) is 0.478. The van der Waals surface area contributed by atoms with Crippen molar-refractivity contribution in [1.29, 1.82) is 0 Å². The summed E-state index contributed by atoms with van der Waals surface area (Å²) < 4.78 is 32.1. The van der Waals surface area contributed by atoms with Crippen LogP contribution in [0, 0.1) is 6.92 Å². The number of ether oxygens (including phenoxy) is 1. The molecule has 2 amide bonds. The molecular weight excluding hydrogens is 466 g/mol. The van der Waals surface area contributed by atoms with E-state index < -0.39 is 28.5 Å². The molecule has 2 rings (SSSR count). The van der Waals surface area contributed by atoms with E-state index in [1.54, 1.807) is 38.1 Å². The maximum absolute atomic E-state index is 13.6. The van der Waals surface area contributed by atoms with E-state index in [1.807, 2.05) is 45.0 Å². The van der Waals surface area contributed by atoms with Crippen LogP contribution in [0.15, 0.2) is 48.5 Å². The number of rotatable bonds is 12. The number of benzene rings is 2. The van der Waals surface area contributed by atoms with Crippen LogP contribution in [0.3, 0.4) is 0 Å². The van der Waals surface area contributed by atoms with Gasteiger partial charge in [-0.15, -0.1) is 0 Å². The zero-order valence-corrected chi connectivity index (χ0v) is 22.3. The van der Waals surface area contributed by atoms with Crippen LogP contribution in [0.4, 0.5) is 5.69 Å². The zero-order chi connectivity index (χ0) is 26.2. The number of hydrogen-bond acceptors (Lipinski definition) is 5. The fourth-order valence-corrected chi connectivity index (χ4v) is 4.33. The average Bonchev–Trinajstić information content (AvgIpc) is 2.81. The van der Waals surface area contributed by atoms with Crippen LogP contribution in [0.2, 0.25) is 0 Å². The predicted molar refractivity (Wildman–Crippen MR) is 139 cm³/mol. The highest BCUT2D eigenvalue weighted by molar-refractivity contribution is 7.92. The van der Waals surface area contributed by atoms with Crippen molar-refractivity contribution in [2.75, 3.05) is 23.7 Å². The molecule has 8 nitrogen and oxygen atoms in total. The van der Waals surface area contributed by atoms with E-state index in [-0.39, 0.29) is 24.2 Å². The van der Waals surface area contributed by atoms with Gasteiger partial charge in [0.15, 0.2) is 0 Å². The molecule has 0 unspecified atom stereocenters. The molecule has 2 atom stereocenters. The summed E-state index contributed by atoms with van der Waals surface area (Å²) >= 11 is 0. The summed E-state index contributed by atoms with van der Waals surface area (Å²) in [5, 5.41) is 2.92. The highest BCUT2D eigenvalue weighted by atomic mass is 32.2. The van der Waals surface area contributed by atoms with Gasteiger partial charge in [-0.05, 0) is 51.8 Å². The number of para-hydroxylation sites is 2. The predicted octanol–water partition coefficient (Wildman–Crippen LogP) is 3.49. The van der Waals surface area contributed by atoms with Crippen molar-refractivity contribution >= 4 is 27.5 Å². The van der Waals surface area contributed by atoms with Crippen molar-refractivity contribution in [3.63, 3.8) is 0 Å². The molecule has 0 aromatic heterocycles. The molecule has 0 radical (unpaired) electrons. The number of hydrogen-bond donors (Lipinski definition) is 1. The van der Waals surface area contributed by atoms with E-state index in [1.165, 1.54) is 4.90 Å². The van der Waals surface area contributed by atoms with Crippen LogP contribution >= 0.6 is 0 Å². The normalized spacial score (nSPS) is 13.0. The van der Waals surface area contributed by atoms with Gasteiger partial charge in [-0.1, -0.05) is 48.9 Å². The Labute approximate surface area is 209 Å². The Morgan fingerprint density at radius 3 is 2.23 bits per heavy atom. The van der Waals surface area contributed by atoms with E-state index in [0.717, 1.165) is 28.1 Å². The lowest BCUT2D eigenvalue weighted by Crippen LogP contribution is -2.52. The number of nitrogens with zero attached hydrogens (tertiary/aromatic N) is 2. The van der Waals surface area contributed by atoms with Crippen LogP contribution in [-0.2, 0) is 26.2 Å². The third-order valence-electron chi connectivity index (χ3n) is 5.75. The SMILES string of the molecule is CCOc1ccccc1N(CC(=O)N(Cc1ccc(C)cc1)[C@H](C)C(=O)N[C@H](C)CC)S(C)(=O)=O. The number of nitrogens with one attached hydrogen (secondary N) is 1. The number of aryl methyl sites for hydroxylation is 1. The summed E-state index contributed by atoms with van der Waals surface area (Å²) in [5.41, 5.74) is 2.19. The molecule has 0 heterocycles. The van der Waals surface area contributed by atoms with E-state index in [2.05, 4.69) is 5.32 Å². The lowest BCUT2D eigenvalue weighted by molar-refractivity contribution is -0.139. The molecule has 0 spiro atoms. The lowest BCUT2D eigenvalue weighted by Gasteiger charge is -2.32. The van der Waals surface area contributed by atoms with Crippen molar-refractivity contribution in [3.05, 3.63) is 59.7 Å². The zero-order valence-electron chi connectivity index (χ0n) is 21.4. The number of sulfonamides is 1. The number of amides is 2. The Morgan fingerprint density at radius 2 is 1.66 bits per heavy atom. The monoisotopic (exact) mass is 503 g/mol. The summed E-state index contributed by atoms with van der Waals surface area (Å²) in [7, 11) is -3.83. The minimum Gasteiger partial charge on any atom is -0.492 e. The standard InChI is InChI=1S/C26H37N3O5S/c1-7-20(4)27-26(31)21(5)28(17-22-15-13-19(3)14-16-22)25(30)18-29(35(6,32)33)23-11-9-10-12-24(23)34-8-2/h9-16,20-21H,7-8,17-18H2,1-6H3,(H,27,31)/t20-,21-/m1/s1. The molecular formula is C26H37N3O5S. The minimum atomic E-state index is -3.83. The molecule has 9 heteroatoms. The summed E-state index contributed by atoms with van der Waals surface area (Å²) in [6.45, 7) is 9.33. The van der Waals surface area contributed by atoms with Crippen LogP contribution in [0.1, 0.15) is 45.2 Å². The van der Waals surface area contributed by atoms with E-state index in [0.29, 0.717) is 12.4 Å². The van der Waals surface area contributed by atoms with E-state index in [9.17, 15) is 18.0 Å². The Hall–Kier alpha value is -3.07. The van der Waals surface area contributed by atoms with Crippen LogP contribution in [0.25, 0.3) is 0 Å². The maximum atomic E-state index is 13.6. The van der Waals surface area contributed by atoms with Gasteiger partial charge in [-0.2, -0.15) is 0 Å². The first-order valence-electron chi connectivity index (χ1n) is 11.8. The molecule has 2 aromatic carbocycles. The summed E-state index contributed by atoms with van der Waals surface area (Å²) in [6, 6.07) is 13.5. The first kappa shape index (κ1) is 28.2. The third kappa shape index (κ3) is 7.99. The molecule has 2 aromatic rings. The first-order valence-corrected chi connectivity index (χ1v) is 13.7. The molecule has 0 saturated carbocycles. The maximum Gasteiger partial charge on any atom is 0.244 e. The highest BCUT2D eigenvalue weighted by Crippen LogP contribution is 2.30. The van der Waals surface area contributed by atoms with Crippen molar-refractivity contribution in [2.45, 2.75) is 59.7 Å². The molecule has 192 valence electrons. The third-order valence-corrected chi connectivity index (χ3v) is 6.88. The molecule has 1 N–H and O–H groups in total. The van der Waals surface area contributed by atoms with Gasteiger partial charge in [0.2, 0.25) is 21.8 Å². The fourth-order valence-electron chi connectivity index (χ4n) is 3.47. The van der Waals surface area contributed by atoms with Crippen LogP contribution in [-0.4, -0.2) is 56.6 Å². The van der Waals surface area contributed by atoms with Crippen molar-refractivity contribution in [2.24, 2.45) is 0 Å². The van der Waals surface area contributed by atoms with Gasteiger partial charge in [0.1, 0.15) is 18.3 Å². The topological polar surface area (TPSA) is 96.0 Å². The summed E-state index contributed by atoms with van der Waals surface area (Å²) in [6.07, 6.45) is 1.80. The second-order valence-corrected chi connectivity index (χ2v) is 10.6. The molecule has 0 aliphatic heterocycles. The lowest BCUT2D eigenvalue weighted by atomic mass is 10.1. The largest absolute Gasteiger partial charge is 0.492 e. The van der Waals surface area contributed by atoms with Crippen molar-refractivity contribution in [1.82, 2.24) is 10.2 Å². The smallest absolute Gasteiger partial charge is 0.244 e. The number of carbonyl (C=O) groups excluding carboxylic acids is 2. The molecule has 0 fully saturated rings. The minimum absolute atomic E-state index is 0.0492. The second-order valence-electron chi connectivity index (χ2n) is 8.67. The molecule has 0 bridgehead atoms. The van der Waals surface area contributed by atoms with Gasteiger partial charge in [0.05, 0.1) is 18.6 Å². The Kier molecular flexibility index (Phi) is 10.1. The molecule has 0 aliphatic rings. The molecule has 35 heavy (non-hydrogen) atoms. The van der Waals surface area contributed by atoms with Gasteiger partial charge < -0.3 is 15.0 Å². The van der Waals surface area contributed by atoms with E-state index >= 15 is 0 Å². The number of anilines is 1. The van der Waals surface area contributed by atoms with Gasteiger partial charge in [-0.25, -0.2) is 8.42 Å². The number of carbonyl (C=O) groups is 2. The van der Waals surface area contributed by atoms with Crippen molar-refractivity contribution in [3.8, 4) is 5.75 Å². The van der Waals surface area contributed by atoms with Gasteiger partial charge >= 0.3 is 0 Å². The van der Waals surface area contributed by atoms with Crippen LogP contribution in [0.5, 0.6) is 5.75 Å². The fraction of sp³-hybridized carbons (Fsp3) is 0.462. The second kappa shape index (κ2) is 12.6.